The summed E-state index contributed by atoms with van der Waals surface area (Å²) < 4.78 is 38.8. The van der Waals surface area contributed by atoms with E-state index in [9.17, 15) is 13.2 Å². The molecule has 0 spiro atoms. The van der Waals surface area contributed by atoms with Crippen LogP contribution in [0.25, 0.3) is 0 Å². The zero-order chi connectivity index (χ0) is 24.8. The maximum Gasteiger partial charge on any atom is 0.255 e. The average molecular weight is 496 g/mol. The Hall–Kier alpha value is -3.40. The lowest BCUT2D eigenvalue weighted by molar-refractivity contribution is 0.102. The first-order valence-electron chi connectivity index (χ1n) is 11.3. The van der Waals surface area contributed by atoms with Gasteiger partial charge in [-0.25, -0.2) is 8.42 Å². The van der Waals surface area contributed by atoms with E-state index >= 15 is 0 Å². The van der Waals surface area contributed by atoms with E-state index in [0.717, 1.165) is 24.3 Å². The number of anilines is 2. The van der Waals surface area contributed by atoms with Crippen molar-refractivity contribution >= 4 is 27.3 Å². The van der Waals surface area contributed by atoms with Gasteiger partial charge in [-0.2, -0.15) is 4.31 Å². The van der Waals surface area contributed by atoms with Gasteiger partial charge in [-0.15, -0.1) is 0 Å². The summed E-state index contributed by atoms with van der Waals surface area (Å²) in [6, 6.07) is 21.3. The Morgan fingerprint density at radius 2 is 1.71 bits per heavy atom. The number of para-hydroxylation sites is 2. The lowest BCUT2D eigenvalue weighted by Gasteiger charge is -2.30. The first kappa shape index (κ1) is 24.7. The Labute approximate surface area is 206 Å². The number of amides is 1. The number of hydrogen-bond donors (Lipinski definition) is 1. The van der Waals surface area contributed by atoms with Crippen LogP contribution in [0.2, 0.25) is 0 Å². The quantitative estimate of drug-likeness (QED) is 0.514. The summed E-state index contributed by atoms with van der Waals surface area (Å²) >= 11 is 0. The number of rotatable bonds is 8. The van der Waals surface area contributed by atoms with Crippen molar-refractivity contribution < 1.29 is 22.7 Å². The van der Waals surface area contributed by atoms with Crippen molar-refractivity contribution in [1.82, 2.24) is 4.31 Å². The predicted octanol–water partition coefficient (Wildman–Crippen LogP) is 3.60. The van der Waals surface area contributed by atoms with Crippen molar-refractivity contribution in [2.45, 2.75) is 11.4 Å². The fourth-order valence-corrected chi connectivity index (χ4v) is 5.30. The van der Waals surface area contributed by atoms with Gasteiger partial charge in [-0.3, -0.25) is 4.79 Å². The van der Waals surface area contributed by atoms with Gasteiger partial charge < -0.3 is 19.7 Å². The number of methoxy groups -OCH3 is 1. The zero-order valence-corrected chi connectivity index (χ0v) is 20.6. The molecular formula is C26H29N3O5S. The Morgan fingerprint density at radius 3 is 2.43 bits per heavy atom. The normalized spacial score (nSPS) is 14.1. The molecule has 0 unspecified atom stereocenters. The van der Waals surface area contributed by atoms with E-state index in [0.29, 0.717) is 18.9 Å². The molecule has 8 nitrogen and oxygen atoms in total. The van der Waals surface area contributed by atoms with Gasteiger partial charge in [0.25, 0.3) is 5.91 Å². The molecule has 3 aromatic carbocycles. The minimum absolute atomic E-state index is 0.0625. The van der Waals surface area contributed by atoms with Crippen molar-refractivity contribution in [2.75, 3.05) is 50.7 Å². The number of nitrogens with zero attached hydrogens (tertiary/aromatic N) is 2. The largest absolute Gasteiger partial charge is 0.495 e. The van der Waals surface area contributed by atoms with E-state index in [-0.39, 0.29) is 22.8 Å². The molecule has 3 aromatic rings. The molecule has 1 aliphatic heterocycles. The van der Waals surface area contributed by atoms with Crippen LogP contribution in [0.1, 0.15) is 15.9 Å². The van der Waals surface area contributed by atoms with Crippen molar-refractivity contribution in [3.8, 4) is 5.75 Å². The van der Waals surface area contributed by atoms with Crippen LogP contribution in [0.5, 0.6) is 5.75 Å². The first-order valence-corrected chi connectivity index (χ1v) is 12.8. The van der Waals surface area contributed by atoms with Crippen LogP contribution in [0.3, 0.4) is 0 Å². The maximum atomic E-state index is 13.4. The molecule has 1 aliphatic rings. The van der Waals surface area contributed by atoms with E-state index in [1.807, 2.05) is 54.6 Å². The fourth-order valence-electron chi connectivity index (χ4n) is 3.97. The first-order chi connectivity index (χ1) is 16.9. The molecule has 0 bridgehead atoms. The van der Waals surface area contributed by atoms with Gasteiger partial charge in [0.05, 0.1) is 31.7 Å². The molecule has 1 heterocycles. The summed E-state index contributed by atoms with van der Waals surface area (Å²) in [5.74, 6) is -0.231. The van der Waals surface area contributed by atoms with Gasteiger partial charge in [-0.05, 0) is 35.9 Å². The Balaban J connectivity index is 1.60. The number of benzene rings is 3. The monoisotopic (exact) mass is 495 g/mol. The number of hydrogen-bond acceptors (Lipinski definition) is 6. The van der Waals surface area contributed by atoms with Crippen molar-refractivity contribution in [3.05, 3.63) is 83.9 Å². The molecular weight excluding hydrogens is 466 g/mol. The van der Waals surface area contributed by atoms with Gasteiger partial charge >= 0.3 is 0 Å². The van der Waals surface area contributed by atoms with Gasteiger partial charge in [0, 0.05) is 32.2 Å². The minimum Gasteiger partial charge on any atom is -0.495 e. The number of carbonyl (C=O) groups excluding carboxylic acids is 1. The van der Waals surface area contributed by atoms with Gasteiger partial charge in [0.2, 0.25) is 10.0 Å². The number of nitrogens with one attached hydrogen (secondary N) is 1. The van der Waals surface area contributed by atoms with Crippen LogP contribution in [0.4, 0.5) is 11.4 Å². The van der Waals surface area contributed by atoms with E-state index in [4.69, 9.17) is 9.47 Å². The van der Waals surface area contributed by atoms with Gasteiger partial charge in [0.1, 0.15) is 10.6 Å². The van der Waals surface area contributed by atoms with Crippen LogP contribution in [-0.2, 0) is 21.3 Å². The highest BCUT2D eigenvalue weighted by molar-refractivity contribution is 7.89. The summed E-state index contributed by atoms with van der Waals surface area (Å²) in [6.45, 7) is 2.89. The third kappa shape index (κ3) is 5.64. The van der Waals surface area contributed by atoms with Crippen LogP contribution in [0, 0.1) is 0 Å². The molecule has 184 valence electrons. The molecule has 0 aromatic heterocycles. The number of ether oxygens (including phenoxy) is 2. The molecule has 1 amide bonds. The highest BCUT2D eigenvalue weighted by Gasteiger charge is 2.27. The average Bonchev–Trinajstić information content (AvgIpc) is 2.89. The topological polar surface area (TPSA) is 88.2 Å². The number of morpholine rings is 1. The molecule has 1 fully saturated rings. The molecule has 35 heavy (non-hydrogen) atoms. The van der Waals surface area contributed by atoms with E-state index in [1.54, 1.807) is 6.07 Å². The fraction of sp³-hybridized carbons (Fsp3) is 0.269. The Morgan fingerprint density at radius 1 is 1.03 bits per heavy atom. The summed E-state index contributed by atoms with van der Waals surface area (Å²) in [5.41, 5.74) is 2.62. The van der Waals surface area contributed by atoms with Crippen molar-refractivity contribution in [2.24, 2.45) is 0 Å². The highest BCUT2D eigenvalue weighted by atomic mass is 32.2. The van der Waals surface area contributed by atoms with Crippen LogP contribution in [0.15, 0.2) is 77.7 Å². The van der Waals surface area contributed by atoms with Gasteiger partial charge in [-0.1, -0.05) is 42.5 Å². The highest BCUT2D eigenvalue weighted by Crippen LogP contribution is 2.30. The SMILES string of the molecule is COc1ccc(C(=O)Nc2ccccc2N2CCOCC2)cc1S(=O)(=O)N(C)Cc1ccccc1. The lowest BCUT2D eigenvalue weighted by atomic mass is 10.1. The van der Waals surface area contributed by atoms with Gasteiger partial charge in [0.15, 0.2) is 0 Å². The standard InChI is InChI=1S/C26H29N3O5S/c1-28(19-20-8-4-3-5-9-20)35(31,32)25-18-21(12-13-24(25)33-2)26(30)27-22-10-6-7-11-23(22)29-14-16-34-17-15-29/h3-13,18H,14-17,19H2,1-2H3,(H,27,30). The molecule has 1 N–H and O–H groups in total. The molecule has 0 saturated carbocycles. The van der Waals surface area contributed by atoms with E-state index in [1.165, 1.54) is 30.6 Å². The predicted molar refractivity (Wildman–Crippen MR) is 136 cm³/mol. The van der Waals surface area contributed by atoms with Crippen molar-refractivity contribution in [1.29, 1.82) is 0 Å². The second-order valence-electron chi connectivity index (χ2n) is 8.18. The third-order valence-electron chi connectivity index (χ3n) is 5.87. The van der Waals surface area contributed by atoms with Crippen LogP contribution >= 0.6 is 0 Å². The van der Waals surface area contributed by atoms with Crippen LogP contribution in [-0.4, -0.2) is 59.1 Å². The van der Waals surface area contributed by atoms with E-state index < -0.39 is 15.9 Å². The molecule has 4 rings (SSSR count). The molecule has 9 heteroatoms. The lowest BCUT2D eigenvalue weighted by Crippen LogP contribution is -2.36. The summed E-state index contributed by atoms with van der Waals surface area (Å²) in [6.07, 6.45) is 0. The third-order valence-corrected chi connectivity index (χ3v) is 7.69. The van der Waals surface area contributed by atoms with Crippen LogP contribution < -0.4 is 15.0 Å². The maximum absolute atomic E-state index is 13.4. The minimum atomic E-state index is -3.93. The molecule has 0 aliphatic carbocycles. The number of sulfonamides is 1. The Kier molecular flexibility index (Phi) is 7.70. The molecule has 0 radical (unpaired) electrons. The zero-order valence-electron chi connectivity index (χ0n) is 19.8. The second-order valence-corrected chi connectivity index (χ2v) is 10.2. The van der Waals surface area contributed by atoms with Crippen molar-refractivity contribution in [3.63, 3.8) is 0 Å². The Bertz CT molecular complexity index is 1280. The summed E-state index contributed by atoms with van der Waals surface area (Å²) in [5, 5.41) is 2.94. The molecule has 0 atom stereocenters. The smallest absolute Gasteiger partial charge is 0.255 e. The number of carbonyl (C=O) groups is 1. The molecule has 1 saturated heterocycles. The van der Waals surface area contributed by atoms with E-state index in [2.05, 4.69) is 10.2 Å². The summed E-state index contributed by atoms with van der Waals surface area (Å²) in [7, 11) is -1.01. The second kappa shape index (κ2) is 10.9. The summed E-state index contributed by atoms with van der Waals surface area (Å²) in [4.78, 5) is 15.3.